The van der Waals surface area contributed by atoms with Crippen molar-refractivity contribution in [1.82, 2.24) is 9.88 Å². The number of carbonyl (C=O) groups is 1. The molecule has 2 unspecified atom stereocenters. The molecule has 4 heteroatoms. The lowest BCUT2D eigenvalue weighted by molar-refractivity contribution is -0.133. The van der Waals surface area contributed by atoms with Crippen molar-refractivity contribution in [2.75, 3.05) is 13.1 Å². The summed E-state index contributed by atoms with van der Waals surface area (Å²) in [7, 11) is 0. The van der Waals surface area contributed by atoms with Gasteiger partial charge in [0.1, 0.15) is 0 Å². The van der Waals surface area contributed by atoms with Crippen LogP contribution in [-0.2, 0) is 4.79 Å². The molecule has 22 heavy (non-hydrogen) atoms. The van der Waals surface area contributed by atoms with Gasteiger partial charge in [-0.1, -0.05) is 30.3 Å². The Labute approximate surface area is 135 Å². The summed E-state index contributed by atoms with van der Waals surface area (Å²) in [5.41, 5.74) is 1.32. The third-order valence-corrected chi connectivity index (χ3v) is 5.88. The van der Waals surface area contributed by atoms with Crippen molar-refractivity contribution in [3.63, 3.8) is 0 Å². The number of aromatic nitrogens is 1. The summed E-state index contributed by atoms with van der Waals surface area (Å²) >= 11 is 1.74. The zero-order valence-corrected chi connectivity index (χ0v) is 13.3. The van der Waals surface area contributed by atoms with E-state index in [9.17, 15) is 4.79 Å². The lowest BCUT2D eigenvalue weighted by Gasteiger charge is -2.31. The van der Waals surface area contributed by atoms with E-state index in [1.807, 2.05) is 17.6 Å². The van der Waals surface area contributed by atoms with Crippen molar-refractivity contribution in [3.05, 3.63) is 52.5 Å². The smallest absolute Gasteiger partial charge is 0.226 e. The highest BCUT2D eigenvalue weighted by Crippen LogP contribution is 2.48. The third kappa shape index (κ3) is 2.68. The van der Waals surface area contributed by atoms with Gasteiger partial charge in [0.15, 0.2) is 0 Å². The molecule has 1 aromatic heterocycles. The van der Waals surface area contributed by atoms with Crippen LogP contribution in [0.1, 0.15) is 41.7 Å². The summed E-state index contributed by atoms with van der Waals surface area (Å²) in [4.78, 5) is 19.2. The molecule has 0 N–H and O–H groups in total. The molecule has 1 aliphatic carbocycles. The van der Waals surface area contributed by atoms with Crippen molar-refractivity contribution < 1.29 is 4.79 Å². The first-order valence-corrected chi connectivity index (χ1v) is 8.94. The van der Waals surface area contributed by atoms with Gasteiger partial charge in [-0.3, -0.25) is 4.79 Å². The molecule has 1 saturated heterocycles. The van der Waals surface area contributed by atoms with E-state index >= 15 is 0 Å². The van der Waals surface area contributed by atoms with E-state index in [2.05, 4.69) is 34.1 Å². The van der Waals surface area contributed by atoms with Crippen molar-refractivity contribution in [1.29, 1.82) is 0 Å². The Kier molecular flexibility index (Phi) is 3.70. The number of benzene rings is 1. The van der Waals surface area contributed by atoms with Crippen molar-refractivity contribution in [2.45, 2.75) is 31.1 Å². The SMILES string of the molecule is O=C(C1CC1c1ccccc1)N1CCC(c2nccs2)CC1. The van der Waals surface area contributed by atoms with E-state index in [-0.39, 0.29) is 5.92 Å². The van der Waals surface area contributed by atoms with Gasteiger partial charge in [0.25, 0.3) is 0 Å². The number of hydrogen-bond acceptors (Lipinski definition) is 3. The number of nitrogens with zero attached hydrogens (tertiary/aromatic N) is 2. The van der Waals surface area contributed by atoms with Crippen LogP contribution in [-0.4, -0.2) is 28.9 Å². The molecule has 0 spiro atoms. The maximum Gasteiger partial charge on any atom is 0.226 e. The lowest BCUT2D eigenvalue weighted by Crippen LogP contribution is -2.39. The third-order valence-electron chi connectivity index (χ3n) is 4.94. The number of likely N-dealkylation sites (tertiary alicyclic amines) is 1. The fraction of sp³-hybridized carbons (Fsp3) is 0.444. The van der Waals surface area contributed by atoms with Crippen LogP contribution in [0.15, 0.2) is 41.9 Å². The zero-order valence-electron chi connectivity index (χ0n) is 12.5. The zero-order chi connectivity index (χ0) is 14.9. The second kappa shape index (κ2) is 5.84. The molecule has 3 nitrogen and oxygen atoms in total. The van der Waals surface area contributed by atoms with Crippen LogP contribution < -0.4 is 0 Å². The van der Waals surface area contributed by atoms with Gasteiger partial charge in [-0.05, 0) is 30.7 Å². The normalized spacial score (nSPS) is 25.2. The molecule has 4 rings (SSSR count). The van der Waals surface area contributed by atoms with E-state index in [1.165, 1.54) is 10.6 Å². The monoisotopic (exact) mass is 312 g/mol. The molecule has 0 radical (unpaired) electrons. The Morgan fingerprint density at radius 2 is 1.95 bits per heavy atom. The van der Waals surface area contributed by atoms with Crippen LogP contribution in [0.25, 0.3) is 0 Å². The summed E-state index contributed by atoms with van der Waals surface area (Å²) in [5.74, 6) is 1.59. The van der Waals surface area contributed by atoms with E-state index in [4.69, 9.17) is 0 Å². The Morgan fingerprint density at radius 1 is 1.18 bits per heavy atom. The average Bonchev–Trinajstić information content (AvgIpc) is 3.20. The molecule has 2 fully saturated rings. The minimum Gasteiger partial charge on any atom is -0.342 e. The van der Waals surface area contributed by atoms with E-state index < -0.39 is 0 Å². The fourth-order valence-electron chi connectivity index (χ4n) is 3.55. The minimum absolute atomic E-state index is 0.221. The van der Waals surface area contributed by atoms with Gasteiger partial charge >= 0.3 is 0 Å². The number of carbonyl (C=O) groups excluding carboxylic acids is 1. The largest absolute Gasteiger partial charge is 0.342 e. The highest BCUT2D eigenvalue weighted by atomic mass is 32.1. The summed E-state index contributed by atoms with van der Waals surface area (Å²) < 4.78 is 0. The predicted molar refractivity (Wildman–Crippen MR) is 88.0 cm³/mol. The van der Waals surface area contributed by atoms with E-state index in [0.29, 0.717) is 17.7 Å². The van der Waals surface area contributed by atoms with Gasteiger partial charge < -0.3 is 4.90 Å². The van der Waals surface area contributed by atoms with Crippen LogP contribution in [0, 0.1) is 5.92 Å². The maximum absolute atomic E-state index is 12.7. The summed E-state index contributed by atoms with van der Waals surface area (Å²) in [6.45, 7) is 1.78. The number of thiazole rings is 1. The predicted octanol–water partition coefficient (Wildman–Crippen LogP) is 3.65. The maximum atomic E-state index is 12.7. The fourth-order valence-corrected chi connectivity index (χ4v) is 4.36. The molecule has 2 heterocycles. The quantitative estimate of drug-likeness (QED) is 0.866. The molecule has 114 valence electrons. The number of amides is 1. The highest BCUT2D eigenvalue weighted by Gasteiger charge is 2.46. The van der Waals surface area contributed by atoms with Crippen LogP contribution in [0.3, 0.4) is 0 Å². The van der Waals surface area contributed by atoms with Gasteiger partial charge in [-0.15, -0.1) is 11.3 Å². The molecular formula is C18H20N2OS. The molecule has 2 aromatic rings. The first kappa shape index (κ1) is 13.9. The van der Waals surface area contributed by atoms with Crippen molar-refractivity contribution >= 4 is 17.2 Å². The van der Waals surface area contributed by atoms with Gasteiger partial charge in [-0.25, -0.2) is 4.98 Å². The molecular weight excluding hydrogens is 292 g/mol. The Bertz CT molecular complexity index is 632. The lowest BCUT2D eigenvalue weighted by atomic mass is 9.97. The second-order valence-electron chi connectivity index (χ2n) is 6.33. The molecule has 2 atom stereocenters. The molecule has 1 aromatic carbocycles. The van der Waals surface area contributed by atoms with Crippen LogP contribution in [0.4, 0.5) is 0 Å². The number of piperidine rings is 1. The standard InChI is InChI=1S/C18H20N2OS/c21-18(16-12-15(16)13-4-2-1-3-5-13)20-9-6-14(7-10-20)17-19-8-11-22-17/h1-5,8,11,14-16H,6-7,9-10,12H2. The minimum atomic E-state index is 0.221. The number of hydrogen-bond donors (Lipinski definition) is 0. The van der Waals surface area contributed by atoms with Gasteiger partial charge in [0, 0.05) is 36.5 Å². The van der Waals surface area contributed by atoms with Crippen molar-refractivity contribution in [3.8, 4) is 0 Å². The molecule has 1 saturated carbocycles. The molecule has 0 bridgehead atoms. The van der Waals surface area contributed by atoms with Crippen molar-refractivity contribution in [2.24, 2.45) is 5.92 Å². The highest BCUT2D eigenvalue weighted by molar-refractivity contribution is 7.09. The summed E-state index contributed by atoms with van der Waals surface area (Å²) in [6.07, 6.45) is 5.02. The Hall–Kier alpha value is -1.68. The van der Waals surface area contributed by atoms with Gasteiger partial charge in [0.2, 0.25) is 5.91 Å². The topological polar surface area (TPSA) is 33.2 Å². The average molecular weight is 312 g/mol. The van der Waals surface area contributed by atoms with Crippen LogP contribution in [0.5, 0.6) is 0 Å². The van der Waals surface area contributed by atoms with E-state index in [0.717, 1.165) is 32.4 Å². The van der Waals surface area contributed by atoms with Gasteiger partial charge in [0.05, 0.1) is 5.01 Å². The van der Waals surface area contributed by atoms with Gasteiger partial charge in [-0.2, -0.15) is 0 Å². The van der Waals surface area contributed by atoms with Crippen LogP contribution >= 0.6 is 11.3 Å². The first-order valence-electron chi connectivity index (χ1n) is 8.06. The molecule has 1 aliphatic heterocycles. The molecule has 2 aliphatic rings. The second-order valence-corrected chi connectivity index (χ2v) is 7.26. The van der Waals surface area contributed by atoms with E-state index in [1.54, 1.807) is 11.3 Å². The first-order chi connectivity index (χ1) is 10.8. The summed E-state index contributed by atoms with van der Waals surface area (Å²) in [5, 5.41) is 3.28. The molecule has 1 amide bonds. The Morgan fingerprint density at radius 3 is 2.64 bits per heavy atom. The number of rotatable bonds is 3. The summed E-state index contributed by atoms with van der Waals surface area (Å²) in [6, 6.07) is 10.5. The Balaban J connectivity index is 1.34. The van der Waals surface area contributed by atoms with Crippen LogP contribution in [0.2, 0.25) is 0 Å².